The Labute approximate surface area is 117 Å². The Balaban J connectivity index is 2.81. The first-order valence-corrected chi connectivity index (χ1v) is 6.35. The first-order valence-electron chi connectivity index (χ1n) is 6.35. The zero-order chi connectivity index (χ0) is 15.1. The SMILES string of the molecule is CCC(=C/C#C[C@H]1O[C@H](CO)[C@@H](O)[C@H](O)[C@@H]1O)/N=N\C. The number of aliphatic hydroxyl groups is 4. The highest BCUT2D eigenvalue weighted by Gasteiger charge is 2.42. The summed E-state index contributed by atoms with van der Waals surface area (Å²) in [5, 5.41) is 45.5. The van der Waals surface area contributed by atoms with Crippen molar-refractivity contribution < 1.29 is 25.2 Å². The molecule has 7 heteroatoms. The van der Waals surface area contributed by atoms with E-state index in [1.165, 1.54) is 6.08 Å². The fourth-order valence-corrected chi connectivity index (χ4v) is 1.76. The van der Waals surface area contributed by atoms with Crippen molar-refractivity contribution in [1.29, 1.82) is 0 Å². The monoisotopic (exact) mass is 284 g/mol. The highest BCUT2D eigenvalue weighted by Crippen LogP contribution is 2.20. The second-order valence-corrected chi connectivity index (χ2v) is 4.33. The van der Waals surface area contributed by atoms with Gasteiger partial charge < -0.3 is 25.2 Å². The minimum atomic E-state index is -1.41. The Bertz CT molecular complexity index is 424. The number of rotatable bonds is 3. The van der Waals surface area contributed by atoms with Crippen molar-refractivity contribution >= 4 is 0 Å². The number of azo groups is 1. The topological polar surface area (TPSA) is 115 Å². The van der Waals surface area contributed by atoms with Crippen molar-refractivity contribution in [2.45, 2.75) is 43.9 Å². The highest BCUT2D eigenvalue weighted by atomic mass is 16.5. The van der Waals surface area contributed by atoms with E-state index in [1.54, 1.807) is 7.05 Å². The molecule has 5 atom stereocenters. The zero-order valence-electron chi connectivity index (χ0n) is 11.5. The number of allylic oxidation sites excluding steroid dienone is 2. The Morgan fingerprint density at radius 2 is 1.95 bits per heavy atom. The van der Waals surface area contributed by atoms with Gasteiger partial charge in [0.25, 0.3) is 0 Å². The summed E-state index contributed by atoms with van der Waals surface area (Å²) < 4.78 is 5.24. The number of hydrogen-bond acceptors (Lipinski definition) is 7. The van der Waals surface area contributed by atoms with E-state index >= 15 is 0 Å². The van der Waals surface area contributed by atoms with Crippen molar-refractivity contribution in [2.24, 2.45) is 10.2 Å². The van der Waals surface area contributed by atoms with Crippen LogP contribution in [-0.2, 0) is 4.74 Å². The quantitative estimate of drug-likeness (QED) is 0.400. The Hall–Kier alpha value is -1.30. The second kappa shape index (κ2) is 8.09. The standard InChI is InChI=1S/C13H20N2O5/c1-3-8(15-14-2)5-4-6-9-11(17)13(19)12(18)10(7-16)20-9/h5,9-13,16-19H,3,7H2,1-2H3/b8-5-,15-14-/t9-,10-,11-,12-,13-/m1/s1. The molecule has 20 heavy (non-hydrogen) atoms. The van der Waals surface area contributed by atoms with E-state index in [9.17, 15) is 15.3 Å². The molecule has 7 nitrogen and oxygen atoms in total. The molecule has 4 N–H and O–H groups in total. The summed E-state index contributed by atoms with van der Waals surface area (Å²) in [6.45, 7) is 1.43. The first kappa shape index (κ1) is 16.8. The van der Waals surface area contributed by atoms with Crippen LogP contribution in [0, 0.1) is 11.8 Å². The van der Waals surface area contributed by atoms with E-state index in [2.05, 4.69) is 22.1 Å². The molecule has 0 aromatic rings. The number of nitrogens with zero attached hydrogens (tertiary/aromatic N) is 2. The average molecular weight is 284 g/mol. The third kappa shape index (κ3) is 4.10. The van der Waals surface area contributed by atoms with Crippen molar-refractivity contribution in [3.05, 3.63) is 11.8 Å². The van der Waals surface area contributed by atoms with Gasteiger partial charge >= 0.3 is 0 Å². The molecule has 1 aliphatic heterocycles. The average Bonchev–Trinajstić information content (AvgIpc) is 2.46. The molecular formula is C13H20N2O5. The van der Waals surface area contributed by atoms with Gasteiger partial charge in [0.2, 0.25) is 0 Å². The lowest BCUT2D eigenvalue weighted by Gasteiger charge is -2.37. The van der Waals surface area contributed by atoms with E-state index in [1.807, 2.05) is 6.92 Å². The maximum Gasteiger partial charge on any atom is 0.147 e. The Kier molecular flexibility index (Phi) is 6.78. The van der Waals surface area contributed by atoms with Gasteiger partial charge in [-0.1, -0.05) is 18.8 Å². The number of ether oxygens (including phenoxy) is 1. The summed E-state index contributed by atoms with van der Waals surface area (Å²) in [5.74, 6) is 5.30. The molecule has 1 rings (SSSR count). The van der Waals surface area contributed by atoms with E-state index in [0.717, 1.165) is 0 Å². The summed E-state index contributed by atoms with van der Waals surface area (Å²) in [6, 6.07) is 0. The molecule has 0 amide bonds. The Morgan fingerprint density at radius 1 is 1.25 bits per heavy atom. The van der Waals surface area contributed by atoms with Gasteiger partial charge in [-0.2, -0.15) is 10.2 Å². The zero-order valence-corrected chi connectivity index (χ0v) is 11.5. The van der Waals surface area contributed by atoms with Crippen LogP contribution in [0.5, 0.6) is 0 Å². The van der Waals surface area contributed by atoms with Gasteiger partial charge in [0.05, 0.1) is 12.3 Å². The van der Waals surface area contributed by atoms with E-state index in [0.29, 0.717) is 12.1 Å². The number of aliphatic hydroxyl groups excluding tert-OH is 4. The summed E-state index contributed by atoms with van der Waals surface area (Å²) in [5.41, 5.74) is 0.671. The van der Waals surface area contributed by atoms with Crippen LogP contribution in [-0.4, -0.2) is 64.6 Å². The van der Waals surface area contributed by atoms with Crippen LogP contribution in [0.1, 0.15) is 13.3 Å². The fourth-order valence-electron chi connectivity index (χ4n) is 1.76. The summed E-state index contributed by atoms with van der Waals surface area (Å²) in [6.07, 6.45) is -3.87. The highest BCUT2D eigenvalue weighted by molar-refractivity contribution is 5.23. The van der Waals surface area contributed by atoms with Gasteiger partial charge in [-0.05, 0) is 6.42 Å². The van der Waals surface area contributed by atoms with Crippen LogP contribution in [0.3, 0.4) is 0 Å². The van der Waals surface area contributed by atoms with Crippen LogP contribution in [0.2, 0.25) is 0 Å². The van der Waals surface area contributed by atoms with Crippen molar-refractivity contribution in [3.8, 4) is 11.8 Å². The van der Waals surface area contributed by atoms with Gasteiger partial charge in [-0.25, -0.2) is 0 Å². The molecule has 0 bridgehead atoms. The fraction of sp³-hybridized carbons (Fsp3) is 0.692. The normalized spacial score (nSPS) is 34.9. The van der Waals surface area contributed by atoms with Gasteiger partial charge in [0.1, 0.15) is 30.5 Å². The van der Waals surface area contributed by atoms with Gasteiger partial charge in [0, 0.05) is 13.1 Å². The first-order chi connectivity index (χ1) is 9.54. The molecule has 1 fully saturated rings. The van der Waals surface area contributed by atoms with Crippen molar-refractivity contribution in [3.63, 3.8) is 0 Å². The maximum absolute atomic E-state index is 9.77. The lowest BCUT2D eigenvalue weighted by atomic mass is 9.95. The minimum absolute atomic E-state index is 0.469. The van der Waals surface area contributed by atoms with E-state index in [-0.39, 0.29) is 0 Å². The molecule has 1 saturated heterocycles. The van der Waals surface area contributed by atoms with Gasteiger partial charge in [0.15, 0.2) is 0 Å². The van der Waals surface area contributed by atoms with Crippen molar-refractivity contribution in [2.75, 3.05) is 13.7 Å². The molecule has 0 aromatic heterocycles. The maximum atomic E-state index is 9.77. The molecule has 1 aliphatic rings. The van der Waals surface area contributed by atoms with Crippen LogP contribution in [0.25, 0.3) is 0 Å². The molecular weight excluding hydrogens is 264 g/mol. The van der Waals surface area contributed by atoms with E-state index in [4.69, 9.17) is 9.84 Å². The van der Waals surface area contributed by atoms with Crippen LogP contribution >= 0.6 is 0 Å². The molecule has 0 spiro atoms. The molecule has 0 aromatic carbocycles. The lowest BCUT2D eigenvalue weighted by Crippen LogP contribution is -2.58. The van der Waals surface area contributed by atoms with Crippen LogP contribution in [0.15, 0.2) is 22.0 Å². The van der Waals surface area contributed by atoms with Crippen molar-refractivity contribution in [1.82, 2.24) is 0 Å². The number of hydrogen-bond donors (Lipinski definition) is 4. The lowest BCUT2D eigenvalue weighted by molar-refractivity contribution is -0.214. The second-order valence-electron chi connectivity index (χ2n) is 4.33. The van der Waals surface area contributed by atoms with E-state index < -0.39 is 37.1 Å². The predicted octanol–water partition coefficient (Wildman–Crippen LogP) is -0.792. The molecule has 0 unspecified atom stereocenters. The molecule has 1 heterocycles. The largest absolute Gasteiger partial charge is 0.394 e. The molecule has 112 valence electrons. The minimum Gasteiger partial charge on any atom is -0.394 e. The third-order valence-corrected chi connectivity index (χ3v) is 2.95. The molecule has 0 saturated carbocycles. The van der Waals surface area contributed by atoms with Gasteiger partial charge in [-0.3, -0.25) is 0 Å². The van der Waals surface area contributed by atoms with Crippen LogP contribution < -0.4 is 0 Å². The summed E-state index contributed by atoms with van der Waals surface area (Å²) in [4.78, 5) is 0. The predicted molar refractivity (Wildman–Crippen MR) is 70.7 cm³/mol. The van der Waals surface area contributed by atoms with Gasteiger partial charge in [-0.15, -0.1) is 0 Å². The third-order valence-electron chi connectivity index (χ3n) is 2.95. The molecule has 0 aliphatic carbocycles. The molecule has 0 radical (unpaired) electrons. The summed E-state index contributed by atoms with van der Waals surface area (Å²) in [7, 11) is 1.55. The summed E-state index contributed by atoms with van der Waals surface area (Å²) >= 11 is 0. The smallest absolute Gasteiger partial charge is 0.147 e. The Morgan fingerprint density at radius 3 is 2.50 bits per heavy atom. The van der Waals surface area contributed by atoms with Crippen LogP contribution in [0.4, 0.5) is 0 Å².